The van der Waals surface area contributed by atoms with Gasteiger partial charge in [0.1, 0.15) is 0 Å². The van der Waals surface area contributed by atoms with Gasteiger partial charge >= 0.3 is 0 Å². The molecule has 0 fully saturated rings. The van der Waals surface area contributed by atoms with E-state index >= 15 is 0 Å². The smallest absolute Gasteiger partial charge is 0.253 e. The number of carbonyl (C=O) groups excluding carboxylic acids is 2. The van der Waals surface area contributed by atoms with Crippen LogP contribution in [-0.4, -0.2) is 31.2 Å². The Balaban J connectivity index is 2.92. The van der Waals surface area contributed by atoms with Gasteiger partial charge in [-0.25, -0.2) is 0 Å². The van der Waals surface area contributed by atoms with Crippen molar-refractivity contribution in [3.63, 3.8) is 0 Å². The molecule has 0 aromatic heterocycles. The van der Waals surface area contributed by atoms with Gasteiger partial charge in [-0.3, -0.25) is 9.59 Å². The Kier molecular flexibility index (Phi) is 2.80. The predicted molar refractivity (Wildman–Crippen MR) is 49.3 cm³/mol. The first-order chi connectivity index (χ1) is 6.15. The van der Waals surface area contributed by atoms with Crippen LogP contribution in [0.25, 0.3) is 0 Å². The van der Waals surface area contributed by atoms with Crippen LogP contribution in [0.15, 0.2) is 24.3 Å². The molecule has 1 amide bonds. The number of benzene rings is 1. The monoisotopic (exact) mass is 176 g/mol. The SMILES string of the molecule is CN(C)C(=O)c1ccc([C]=O)cc1. The van der Waals surface area contributed by atoms with E-state index in [-0.39, 0.29) is 5.91 Å². The molecule has 3 heteroatoms. The minimum absolute atomic E-state index is 0.0718. The van der Waals surface area contributed by atoms with E-state index < -0.39 is 0 Å². The molecule has 0 saturated heterocycles. The van der Waals surface area contributed by atoms with E-state index in [0.29, 0.717) is 11.1 Å². The number of hydrogen-bond donors (Lipinski definition) is 0. The second-order valence-corrected chi connectivity index (χ2v) is 2.88. The van der Waals surface area contributed by atoms with Gasteiger partial charge in [-0.1, -0.05) is 12.1 Å². The molecular formula is C10H10NO2. The molecule has 0 bridgehead atoms. The quantitative estimate of drug-likeness (QED) is 0.669. The highest BCUT2D eigenvalue weighted by Gasteiger charge is 2.06. The maximum atomic E-state index is 11.4. The molecule has 0 atom stereocenters. The number of hydrogen-bond acceptors (Lipinski definition) is 2. The van der Waals surface area contributed by atoms with E-state index in [9.17, 15) is 9.59 Å². The van der Waals surface area contributed by atoms with Crippen molar-refractivity contribution in [2.45, 2.75) is 0 Å². The third-order valence-corrected chi connectivity index (χ3v) is 1.66. The topological polar surface area (TPSA) is 37.4 Å². The third-order valence-electron chi connectivity index (χ3n) is 1.66. The number of carbonyl (C=O) groups is 1. The molecule has 0 aliphatic carbocycles. The van der Waals surface area contributed by atoms with Crippen molar-refractivity contribution in [1.82, 2.24) is 4.90 Å². The number of amides is 1. The molecule has 0 heterocycles. The van der Waals surface area contributed by atoms with Crippen LogP contribution in [0, 0.1) is 0 Å². The zero-order valence-corrected chi connectivity index (χ0v) is 7.57. The average molecular weight is 176 g/mol. The minimum Gasteiger partial charge on any atom is -0.345 e. The first-order valence-electron chi connectivity index (χ1n) is 3.85. The first kappa shape index (κ1) is 9.45. The van der Waals surface area contributed by atoms with Crippen molar-refractivity contribution in [2.75, 3.05) is 14.1 Å². The lowest BCUT2D eigenvalue weighted by Gasteiger charge is -2.09. The van der Waals surface area contributed by atoms with Crippen molar-refractivity contribution in [2.24, 2.45) is 0 Å². The van der Waals surface area contributed by atoms with E-state index in [0.717, 1.165) is 0 Å². The standard InChI is InChI=1S/C10H10NO2/c1-11(2)10(13)9-5-3-8(7-12)4-6-9/h3-6H,1-2H3. The fourth-order valence-corrected chi connectivity index (χ4v) is 0.939. The molecule has 13 heavy (non-hydrogen) atoms. The van der Waals surface area contributed by atoms with Crippen molar-refractivity contribution >= 4 is 12.2 Å². The summed E-state index contributed by atoms with van der Waals surface area (Å²) in [4.78, 5) is 23.1. The third kappa shape index (κ3) is 2.15. The predicted octanol–water partition coefficient (Wildman–Crippen LogP) is 0.846. The zero-order valence-electron chi connectivity index (χ0n) is 7.57. The highest BCUT2D eigenvalue weighted by Crippen LogP contribution is 2.04. The van der Waals surface area contributed by atoms with Gasteiger partial charge in [-0.2, -0.15) is 0 Å². The fraction of sp³-hybridized carbons (Fsp3) is 0.200. The largest absolute Gasteiger partial charge is 0.345 e. The second kappa shape index (κ2) is 3.85. The fourth-order valence-electron chi connectivity index (χ4n) is 0.939. The van der Waals surface area contributed by atoms with E-state index in [1.807, 2.05) is 0 Å². The van der Waals surface area contributed by atoms with E-state index in [4.69, 9.17) is 0 Å². The van der Waals surface area contributed by atoms with Crippen molar-refractivity contribution in [3.05, 3.63) is 35.4 Å². The summed E-state index contributed by atoms with van der Waals surface area (Å²) in [6.45, 7) is 0. The van der Waals surface area contributed by atoms with E-state index in [1.165, 1.54) is 4.90 Å². The normalized spacial score (nSPS) is 9.38. The van der Waals surface area contributed by atoms with Gasteiger partial charge in [0.05, 0.1) is 0 Å². The van der Waals surface area contributed by atoms with Gasteiger partial charge in [0, 0.05) is 25.2 Å². The Morgan fingerprint density at radius 1 is 1.23 bits per heavy atom. The molecular weight excluding hydrogens is 166 g/mol. The molecule has 0 unspecified atom stereocenters. The molecule has 1 radical (unpaired) electrons. The van der Waals surface area contributed by atoms with Crippen molar-refractivity contribution < 1.29 is 9.59 Å². The van der Waals surface area contributed by atoms with Crippen molar-refractivity contribution in [1.29, 1.82) is 0 Å². The maximum Gasteiger partial charge on any atom is 0.253 e. The van der Waals surface area contributed by atoms with Crippen LogP contribution in [0.4, 0.5) is 0 Å². The van der Waals surface area contributed by atoms with E-state index in [2.05, 4.69) is 0 Å². The summed E-state index contributed by atoms with van der Waals surface area (Å²) in [5.74, 6) is -0.0718. The summed E-state index contributed by atoms with van der Waals surface area (Å²) >= 11 is 0. The second-order valence-electron chi connectivity index (χ2n) is 2.88. The maximum absolute atomic E-state index is 11.4. The molecule has 0 saturated carbocycles. The van der Waals surface area contributed by atoms with Gasteiger partial charge in [0.25, 0.3) is 5.91 Å². The molecule has 0 aliphatic heterocycles. The van der Waals surface area contributed by atoms with Gasteiger partial charge < -0.3 is 4.90 Å². The number of nitrogens with zero attached hydrogens (tertiary/aromatic N) is 1. The van der Waals surface area contributed by atoms with Crippen LogP contribution in [0.1, 0.15) is 15.9 Å². The van der Waals surface area contributed by atoms with Crippen LogP contribution in [0.5, 0.6) is 0 Å². The highest BCUT2D eigenvalue weighted by molar-refractivity contribution is 5.94. The van der Waals surface area contributed by atoms with Gasteiger partial charge in [-0.15, -0.1) is 0 Å². The summed E-state index contributed by atoms with van der Waals surface area (Å²) in [6.07, 6.45) is 1.75. The van der Waals surface area contributed by atoms with Gasteiger partial charge in [0.15, 0.2) is 0 Å². The average Bonchev–Trinajstić information content (AvgIpc) is 2.17. The molecule has 0 N–H and O–H groups in total. The van der Waals surface area contributed by atoms with Crippen molar-refractivity contribution in [3.8, 4) is 0 Å². The molecule has 0 aliphatic rings. The summed E-state index contributed by atoms with van der Waals surface area (Å²) in [5.41, 5.74) is 1.03. The minimum atomic E-state index is -0.0718. The van der Waals surface area contributed by atoms with Crippen LogP contribution in [-0.2, 0) is 4.79 Å². The van der Waals surface area contributed by atoms with Crippen LogP contribution in [0.2, 0.25) is 0 Å². The van der Waals surface area contributed by atoms with Crippen LogP contribution < -0.4 is 0 Å². The summed E-state index contributed by atoms with van der Waals surface area (Å²) < 4.78 is 0. The number of rotatable bonds is 2. The molecule has 67 valence electrons. The van der Waals surface area contributed by atoms with E-state index in [1.54, 1.807) is 44.6 Å². The van der Waals surface area contributed by atoms with Crippen LogP contribution in [0.3, 0.4) is 0 Å². The lowest BCUT2D eigenvalue weighted by molar-refractivity contribution is 0.0827. The lowest BCUT2D eigenvalue weighted by atomic mass is 10.1. The van der Waals surface area contributed by atoms with Gasteiger partial charge in [0.2, 0.25) is 6.29 Å². The highest BCUT2D eigenvalue weighted by atomic mass is 16.2. The van der Waals surface area contributed by atoms with Crippen LogP contribution >= 0.6 is 0 Å². The Bertz CT molecular complexity index is 314. The molecule has 1 aromatic carbocycles. The lowest BCUT2D eigenvalue weighted by Crippen LogP contribution is -2.21. The zero-order chi connectivity index (χ0) is 9.84. The Morgan fingerprint density at radius 3 is 2.15 bits per heavy atom. The summed E-state index contributed by atoms with van der Waals surface area (Å²) in [5, 5.41) is 0. The Hall–Kier alpha value is -1.64. The Labute approximate surface area is 77.0 Å². The molecule has 0 spiro atoms. The summed E-state index contributed by atoms with van der Waals surface area (Å²) in [6, 6.07) is 6.37. The molecule has 1 rings (SSSR count). The molecule has 1 aromatic rings. The molecule has 3 nitrogen and oxygen atoms in total. The Morgan fingerprint density at radius 2 is 1.77 bits per heavy atom. The summed E-state index contributed by atoms with van der Waals surface area (Å²) in [7, 11) is 3.37. The van der Waals surface area contributed by atoms with Gasteiger partial charge in [-0.05, 0) is 12.1 Å². The first-order valence-corrected chi connectivity index (χ1v) is 3.85.